The highest BCUT2D eigenvalue weighted by Crippen LogP contribution is 2.26. The normalized spacial score (nSPS) is 11.2. The average Bonchev–Trinajstić information content (AvgIpc) is 2.28. The van der Waals surface area contributed by atoms with Crippen molar-refractivity contribution < 1.29 is 9.53 Å². The summed E-state index contributed by atoms with van der Waals surface area (Å²) >= 11 is 0. The van der Waals surface area contributed by atoms with E-state index in [0.717, 1.165) is 17.7 Å². The van der Waals surface area contributed by atoms with Crippen LogP contribution in [0.4, 0.5) is 0 Å². The van der Waals surface area contributed by atoms with Crippen molar-refractivity contribution in [3.05, 3.63) is 29.8 Å². The van der Waals surface area contributed by atoms with E-state index in [2.05, 4.69) is 0 Å². The number of hydrogen-bond donors (Lipinski definition) is 0. The second-order valence-corrected chi connectivity index (χ2v) is 4.30. The molecule has 0 aromatic heterocycles. The monoisotopic (exact) mass is 206 g/mol. The molecule has 0 amide bonds. The zero-order chi connectivity index (χ0) is 11.5. The van der Waals surface area contributed by atoms with Crippen molar-refractivity contribution in [3.8, 4) is 5.75 Å². The van der Waals surface area contributed by atoms with Crippen LogP contribution in [-0.2, 0) is 0 Å². The first kappa shape index (κ1) is 11.8. The molecule has 0 saturated heterocycles. The molecule has 1 aromatic carbocycles. The maximum atomic E-state index is 12.1. The Kier molecular flexibility index (Phi) is 3.51. The molecule has 0 spiro atoms. The van der Waals surface area contributed by atoms with Gasteiger partial charge in [0.1, 0.15) is 5.75 Å². The Balaban J connectivity index is 3.01. The zero-order valence-corrected chi connectivity index (χ0v) is 9.83. The molecule has 2 heteroatoms. The Morgan fingerprint density at radius 1 is 1.40 bits per heavy atom. The molecule has 1 aromatic rings. The smallest absolute Gasteiger partial charge is 0.168 e. The van der Waals surface area contributed by atoms with Gasteiger partial charge in [0.2, 0.25) is 0 Å². The minimum absolute atomic E-state index is 0.170. The van der Waals surface area contributed by atoms with Gasteiger partial charge in [0.15, 0.2) is 5.78 Å². The fourth-order valence-electron chi connectivity index (χ4n) is 1.32. The van der Waals surface area contributed by atoms with Gasteiger partial charge in [0, 0.05) is 11.0 Å². The number of rotatable bonds is 4. The van der Waals surface area contributed by atoms with Gasteiger partial charge in [-0.1, -0.05) is 32.9 Å². The summed E-state index contributed by atoms with van der Waals surface area (Å²) in [5, 5.41) is 0. The standard InChI is InChI=1S/C13H18O2/c1-5-13(2,3)12(14)10-7-6-8-11(9-10)15-4/h6-9H,5H2,1-4H3. The van der Waals surface area contributed by atoms with Gasteiger partial charge in [-0.3, -0.25) is 4.79 Å². The molecule has 0 saturated carbocycles. The number of ether oxygens (including phenoxy) is 1. The summed E-state index contributed by atoms with van der Waals surface area (Å²) in [5.41, 5.74) is 0.424. The van der Waals surface area contributed by atoms with Gasteiger partial charge < -0.3 is 4.74 Å². The van der Waals surface area contributed by atoms with Crippen LogP contribution in [0.25, 0.3) is 0 Å². The zero-order valence-electron chi connectivity index (χ0n) is 9.83. The van der Waals surface area contributed by atoms with Crippen LogP contribution in [0.2, 0.25) is 0 Å². The Morgan fingerprint density at radius 3 is 2.60 bits per heavy atom. The van der Waals surface area contributed by atoms with Gasteiger partial charge in [-0.05, 0) is 18.6 Å². The SMILES string of the molecule is CCC(C)(C)C(=O)c1cccc(OC)c1. The topological polar surface area (TPSA) is 26.3 Å². The first-order chi connectivity index (χ1) is 7.01. The van der Waals surface area contributed by atoms with Gasteiger partial charge in [-0.25, -0.2) is 0 Å². The molecule has 0 aliphatic heterocycles. The largest absolute Gasteiger partial charge is 0.497 e. The van der Waals surface area contributed by atoms with Crippen molar-refractivity contribution in [2.75, 3.05) is 7.11 Å². The molecule has 0 fully saturated rings. The predicted octanol–water partition coefficient (Wildman–Crippen LogP) is 3.31. The molecule has 0 radical (unpaired) electrons. The molecule has 0 bridgehead atoms. The van der Waals surface area contributed by atoms with Crippen LogP contribution < -0.4 is 4.74 Å². The third kappa shape index (κ3) is 2.58. The maximum Gasteiger partial charge on any atom is 0.168 e. The highest BCUT2D eigenvalue weighted by atomic mass is 16.5. The first-order valence-electron chi connectivity index (χ1n) is 5.20. The molecule has 0 atom stereocenters. The molecule has 0 N–H and O–H groups in total. The summed E-state index contributed by atoms with van der Waals surface area (Å²) in [4.78, 5) is 12.1. The second-order valence-electron chi connectivity index (χ2n) is 4.30. The summed E-state index contributed by atoms with van der Waals surface area (Å²) in [5.74, 6) is 0.900. The average molecular weight is 206 g/mol. The summed E-state index contributed by atoms with van der Waals surface area (Å²) < 4.78 is 5.10. The summed E-state index contributed by atoms with van der Waals surface area (Å²) in [7, 11) is 1.61. The summed E-state index contributed by atoms with van der Waals surface area (Å²) in [6, 6.07) is 7.32. The number of methoxy groups -OCH3 is 1. The van der Waals surface area contributed by atoms with Crippen molar-refractivity contribution in [2.24, 2.45) is 5.41 Å². The van der Waals surface area contributed by atoms with Crippen molar-refractivity contribution in [2.45, 2.75) is 27.2 Å². The van der Waals surface area contributed by atoms with E-state index in [0.29, 0.717) is 0 Å². The van der Waals surface area contributed by atoms with Gasteiger partial charge in [0.25, 0.3) is 0 Å². The number of carbonyl (C=O) groups excluding carboxylic acids is 1. The number of benzene rings is 1. The highest BCUT2D eigenvalue weighted by molar-refractivity contribution is 6.00. The van der Waals surface area contributed by atoms with Crippen LogP contribution in [0, 0.1) is 5.41 Å². The van der Waals surface area contributed by atoms with E-state index in [9.17, 15) is 4.79 Å². The number of carbonyl (C=O) groups is 1. The molecule has 82 valence electrons. The molecule has 0 aliphatic rings. The van der Waals surface area contributed by atoms with Gasteiger partial charge in [-0.15, -0.1) is 0 Å². The summed E-state index contributed by atoms with van der Waals surface area (Å²) in [6.45, 7) is 5.96. The number of Topliss-reactive ketones (excluding diaryl/α,β-unsaturated/α-hetero) is 1. The van der Waals surface area contributed by atoms with Crippen molar-refractivity contribution >= 4 is 5.78 Å². The Hall–Kier alpha value is -1.31. The summed E-state index contributed by atoms with van der Waals surface area (Å²) in [6.07, 6.45) is 0.836. The van der Waals surface area contributed by atoms with Crippen LogP contribution in [-0.4, -0.2) is 12.9 Å². The third-order valence-corrected chi connectivity index (χ3v) is 2.83. The minimum atomic E-state index is -0.299. The Morgan fingerprint density at radius 2 is 2.07 bits per heavy atom. The van der Waals surface area contributed by atoms with E-state index in [1.807, 2.05) is 39.0 Å². The van der Waals surface area contributed by atoms with Crippen LogP contribution in [0.15, 0.2) is 24.3 Å². The van der Waals surface area contributed by atoms with Crippen LogP contribution >= 0.6 is 0 Å². The van der Waals surface area contributed by atoms with E-state index >= 15 is 0 Å². The first-order valence-corrected chi connectivity index (χ1v) is 5.20. The van der Waals surface area contributed by atoms with Gasteiger partial charge >= 0.3 is 0 Å². The predicted molar refractivity (Wildman–Crippen MR) is 61.4 cm³/mol. The molecule has 2 nitrogen and oxygen atoms in total. The maximum absolute atomic E-state index is 12.1. The van der Waals surface area contributed by atoms with Gasteiger partial charge in [-0.2, -0.15) is 0 Å². The van der Waals surface area contributed by atoms with Crippen molar-refractivity contribution in [1.29, 1.82) is 0 Å². The van der Waals surface area contributed by atoms with E-state index in [-0.39, 0.29) is 11.2 Å². The minimum Gasteiger partial charge on any atom is -0.497 e. The number of ketones is 1. The lowest BCUT2D eigenvalue weighted by Gasteiger charge is -2.20. The molecule has 15 heavy (non-hydrogen) atoms. The van der Waals surface area contributed by atoms with E-state index in [1.54, 1.807) is 13.2 Å². The Bertz CT molecular complexity index is 353. The molecular weight excluding hydrogens is 188 g/mol. The van der Waals surface area contributed by atoms with Crippen LogP contribution in [0.1, 0.15) is 37.6 Å². The lowest BCUT2D eigenvalue weighted by molar-refractivity contribution is 0.0832. The lowest BCUT2D eigenvalue weighted by atomic mass is 9.82. The van der Waals surface area contributed by atoms with Gasteiger partial charge in [0.05, 0.1) is 7.11 Å². The Labute approximate surface area is 91.3 Å². The highest BCUT2D eigenvalue weighted by Gasteiger charge is 2.26. The third-order valence-electron chi connectivity index (χ3n) is 2.83. The lowest BCUT2D eigenvalue weighted by Crippen LogP contribution is -2.23. The van der Waals surface area contributed by atoms with E-state index < -0.39 is 0 Å². The van der Waals surface area contributed by atoms with E-state index in [1.165, 1.54) is 0 Å². The quantitative estimate of drug-likeness (QED) is 0.706. The molecule has 0 unspecified atom stereocenters. The fourth-order valence-corrected chi connectivity index (χ4v) is 1.32. The van der Waals surface area contributed by atoms with Crippen LogP contribution in [0.5, 0.6) is 5.75 Å². The number of hydrogen-bond acceptors (Lipinski definition) is 2. The fraction of sp³-hybridized carbons (Fsp3) is 0.462. The van der Waals surface area contributed by atoms with Crippen molar-refractivity contribution in [3.63, 3.8) is 0 Å². The second kappa shape index (κ2) is 4.47. The van der Waals surface area contributed by atoms with Crippen LogP contribution in [0.3, 0.4) is 0 Å². The molecule has 0 heterocycles. The molecule has 1 rings (SSSR count). The van der Waals surface area contributed by atoms with E-state index in [4.69, 9.17) is 4.74 Å². The molecular formula is C13H18O2. The van der Waals surface area contributed by atoms with Crippen molar-refractivity contribution in [1.82, 2.24) is 0 Å². The molecule has 0 aliphatic carbocycles.